The molecule has 2 N–H and O–H groups in total. The Morgan fingerprint density at radius 1 is 1.10 bits per heavy atom. The molecule has 0 saturated heterocycles. The van der Waals surface area contributed by atoms with Gasteiger partial charge in [0.05, 0.1) is 19.9 Å². The van der Waals surface area contributed by atoms with Gasteiger partial charge < -0.3 is 20.1 Å². The summed E-state index contributed by atoms with van der Waals surface area (Å²) in [5.41, 5.74) is 2.86. The number of nitrogens with zero attached hydrogens (tertiary/aromatic N) is 1. The number of carbonyl (C=O) groups is 1. The van der Waals surface area contributed by atoms with Crippen LogP contribution >= 0.6 is 11.3 Å². The van der Waals surface area contributed by atoms with Crippen molar-refractivity contribution in [2.24, 2.45) is 0 Å². The first-order valence-corrected chi connectivity index (χ1v) is 10.2. The summed E-state index contributed by atoms with van der Waals surface area (Å²) in [6.07, 6.45) is 0.901. The van der Waals surface area contributed by atoms with E-state index in [0.29, 0.717) is 22.9 Å². The third-order valence-corrected chi connectivity index (χ3v) is 5.58. The lowest BCUT2D eigenvalue weighted by atomic mass is 10.1. The van der Waals surface area contributed by atoms with Gasteiger partial charge in [-0.25, -0.2) is 4.98 Å². The first-order valence-electron chi connectivity index (χ1n) is 9.35. The predicted molar refractivity (Wildman–Crippen MR) is 116 cm³/mol. The largest absolute Gasteiger partial charge is 0.497 e. The van der Waals surface area contributed by atoms with Crippen molar-refractivity contribution in [3.63, 3.8) is 0 Å². The maximum atomic E-state index is 12.6. The number of hydrogen-bond acceptors (Lipinski definition) is 6. The van der Waals surface area contributed by atoms with Gasteiger partial charge in [0.25, 0.3) is 5.91 Å². The highest BCUT2D eigenvalue weighted by atomic mass is 32.1. The van der Waals surface area contributed by atoms with Crippen LogP contribution in [0.15, 0.2) is 48.5 Å². The summed E-state index contributed by atoms with van der Waals surface area (Å²) < 4.78 is 10.6. The van der Waals surface area contributed by atoms with Crippen LogP contribution in [0, 0.1) is 6.92 Å². The van der Waals surface area contributed by atoms with Crippen molar-refractivity contribution < 1.29 is 14.3 Å². The van der Waals surface area contributed by atoms with E-state index in [1.165, 1.54) is 16.9 Å². The van der Waals surface area contributed by atoms with E-state index in [0.717, 1.165) is 29.4 Å². The zero-order chi connectivity index (χ0) is 20.6. The van der Waals surface area contributed by atoms with Crippen molar-refractivity contribution in [3.05, 3.63) is 70.2 Å². The first kappa shape index (κ1) is 20.7. The van der Waals surface area contributed by atoms with Crippen molar-refractivity contribution in [1.29, 1.82) is 0 Å². The van der Waals surface area contributed by atoms with E-state index in [9.17, 15) is 4.79 Å². The molecule has 0 aliphatic heterocycles. The molecule has 152 valence electrons. The zero-order valence-electron chi connectivity index (χ0n) is 16.8. The number of benzene rings is 2. The van der Waals surface area contributed by atoms with Crippen molar-refractivity contribution in [2.45, 2.75) is 19.9 Å². The molecule has 0 fully saturated rings. The summed E-state index contributed by atoms with van der Waals surface area (Å²) in [5.74, 6) is 1.24. The monoisotopic (exact) mass is 411 g/mol. The number of amides is 1. The number of carbonyl (C=O) groups excluding carboxylic acids is 1. The van der Waals surface area contributed by atoms with Gasteiger partial charge in [-0.3, -0.25) is 4.79 Å². The lowest BCUT2D eigenvalue weighted by Crippen LogP contribution is -2.22. The van der Waals surface area contributed by atoms with Crippen molar-refractivity contribution in [3.8, 4) is 11.5 Å². The Morgan fingerprint density at radius 2 is 1.90 bits per heavy atom. The highest BCUT2D eigenvalue weighted by Crippen LogP contribution is 2.25. The van der Waals surface area contributed by atoms with Crippen LogP contribution in [-0.4, -0.2) is 31.7 Å². The third kappa shape index (κ3) is 5.48. The molecule has 6 nitrogen and oxygen atoms in total. The minimum Gasteiger partial charge on any atom is -0.497 e. The molecule has 2 aromatic carbocycles. The van der Waals surface area contributed by atoms with Gasteiger partial charge in [-0.2, -0.15) is 0 Å². The van der Waals surface area contributed by atoms with E-state index in [1.807, 2.05) is 37.3 Å². The molecular formula is C22H25N3O3S. The molecule has 1 heterocycles. The number of aryl methyl sites for hydroxylation is 1. The van der Waals surface area contributed by atoms with Crippen LogP contribution in [0.2, 0.25) is 0 Å². The zero-order valence-corrected chi connectivity index (χ0v) is 17.6. The number of methoxy groups -OCH3 is 2. The standard InChI is InChI=1S/C22H25N3O3S/c1-15-20(29-22(25-15)23-12-11-16-7-5-4-6-8-16)21(26)24-14-17-9-10-18(27-2)13-19(17)28-3/h4-10,13H,11-12,14H2,1-3H3,(H,23,25)(H,24,26). The Labute approximate surface area is 174 Å². The Bertz CT molecular complexity index is 957. The Balaban J connectivity index is 1.57. The smallest absolute Gasteiger partial charge is 0.263 e. The van der Waals surface area contributed by atoms with E-state index in [2.05, 4.69) is 27.8 Å². The maximum absolute atomic E-state index is 12.6. The quantitative estimate of drug-likeness (QED) is 0.556. The summed E-state index contributed by atoms with van der Waals surface area (Å²) in [7, 11) is 3.20. The van der Waals surface area contributed by atoms with Gasteiger partial charge in [-0.05, 0) is 31.0 Å². The number of hydrogen-bond donors (Lipinski definition) is 2. The molecule has 0 aliphatic carbocycles. The molecule has 0 unspecified atom stereocenters. The van der Waals surface area contributed by atoms with Crippen LogP contribution in [-0.2, 0) is 13.0 Å². The predicted octanol–water partition coefficient (Wildman–Crippen LogP) is 4.05. The summed E-state index contributed by atoms with van der Waals surface area (Å²) >= 11 is 1.37. The maximum Gasteiger partial charge on any atom is 0.263 e. The SMILES string of the molecule is COc1ccc(CNC(=O)c2sc(NCCc3ccccc3)nc2C)c(OC)c1. The van der Waals surface area contributed by atoms with Crippen LogP contribution < -0.4 is 20.1 Å². The fraction of sp³-hybridized carbons (Fsp3) is 0.273. The van der Waals surface area contributed by atoms with Crippen LogP contribution in [0.4, 0.5) is 5.13 Å². The molecule has 1 amide bonds. The average molecular weight is 412 g/mol. The second-order valence-corrected chi connectivity index (χ2v) is 7.46. The fourth-order valence-corrected chi connectivity index (χ4v) is 3.80. The van der Waals surface area contributed by atoms with Crippen LogP contribution in [0.3, 0.4) is 0 Å². The molecule has 29 heavy (non-hydrogen) atoms. The van der Waals surface area contributed by atoms with E-state index >= 15 is 0 Å². The summed E-state index contributed by atoms with van der Waals surface area (Å²) in [5, 5.41) is 7.01. The third-order valence-electron chi connectivity index (χ3n) is 4.47. The van der Waals surface area contributed by atoms with Gasteiger partial charge in [-0.1, -0.05) is 41.7 Å². The molecule has 3 rings (SSSR count). The van der Waals surface area contributed by atoms with Gasteiger partial charge >= 0.3 is 0 Å². The average Bonchev–Trinajstić information content (AvgIpc) is 3.13. The number of aromatic nitrogens is 1. The fourth-order valence-electron chi connectivity index (χ4n) is 2.89. The number of rotatable bonds is 9. The van der Waals surface area contributed by atoms with Crippen LogP contribution in [0.25, 0.3) is 0 Å². The highest BCUT2D eigenvalue weighted by molar-refractivity contribution is 7.17. The molecule has 0 saturated carbocycles. The van der Waals surface area contributed by atoms with Crippen LogP contribution in [0.5, 0.6) is 11.5 Å². The molecule has 3 aromatic rings. The Hall–Kier alpha value is -3.06. The second-order valence-electron chi connectivity index (χ2n) is 6.46. The van der Waals surface area contributed by atoms with Gasteiger partial charge in [0.1, 0.15) is 16.4 Å². The van der Waals surface area contributed by atoms with Gasteiger partial charge in [0, 0.05) is 24.7 Å². The Kier molecular flexibility index (Phi) is 7.08. The molecular weight excluding hydrogens is 386 g/mol. The number of nitrogens with one attached hydrogen (secondary N) is 2. The normalized spacial score (nSPS) is 10.4. The minimum atomic E-state index is -0.144. The van der Waals surface area contributed by atoms with Gasteiger partial charge in [0.15, 0.2) is 5.13 Å². The lowest BCUT2D eigenvalue weighted by Gasteiger charge is -2.11. The molecule has 0 aliphatic rings. The van der Waals surface area contributed by atoms with Crippen LogP contribution in [0.1, 0.15) is 26.5 Å². The summed E-state index contributed by atoms with van der Waals surface area (Å²) in [6.45, 7) is 2.98. The molecule has 7 heteroatoms. The van der Waals surface area contributed by atoms with E-state index < -0.39 is 0 Å². The second kappa shape index (κ2) is 9.93. The molecule has 0 spiro atoms. The number of anilines is 1. The van der Waals surface area contributed by atoms with Crippen molar-refractivity contribution >= 4 is 22.4 Å². The summed E-state index contributed by atoms with van der Waals surface area (Å²) in [6, 6.07) is 15.8. The first-order chi connectivity index (χ1) is 14.1. The lowest BCUT2D eigenvalue weighted by molar-refractivity contribution is 0.0954. The van der Waals surface area contributed by atoms with Crippen molar-refractivity contribution in [1.82, 2.24) is 10.3 Å². The van der Waals surface area contributed by atoms with E-state index in [1.54, 1.807) is 20.3 Å². The highest BCUT2D eigenvalue weighted by Gasteiger charge is 2.16. The molecule has 0 atom stereocenters. The molecule has 0 bridgehead atoms. The van der Waals surface area contributed by atoms with Crippen molar-refractivity contribution in [2.75, 3.05) is 26.1 Å². The summed E-state index contributed by atoms with van der Waals surface area (Å²) in [4.78, 5) is 17.7. The number of thiazole rings is 1. The van der Waals surface area contributed by atoms with E-state index in [-0.39, 0.29) is 5.91 Å². The topological polar surface area (TPSA) is 72.5 Å². The number of ether oxygens (including phenoxy) is 2. The minimum absolute atomic E-state index is 0.144. The molecule has 1 aromatic heterocycles. The van der Waals surface area contributed by atoms with Gasteiger partial charge in [0.2, 0.25) is 0 Å². The van der Waals surface area contributed by atoms with E-state index in [4.69, 9.17) is 9.47 Å². The Morgan fingerprint density at radius 3 is 2.62 bits per heavy atom. The van der Waals surface area contributed by atoms with Gasteiger partial charge in [-0.15, -0.1) is 0 Å². The molecule has 0 radical (unpaired) electrons.